The molecule has 170 valence electrons. The molecular formula is C26H26N8. The van der Waals surface area contributed by atoms with Crippen LogP contribution in [0, 0.1) is 10.8 Å². The van der Waals surface area contributed by atoms with E-state index >= 15 is 0 Å². The molecule has 3 aromatic carbocycles. The van der Waals surface area contributed by atoms with Gasteiger partial charge in [0.15, 0.2) is 11.9 Å². The molecule has 1 aromatic heterocycles. The van der Waals surface area contributed by atoms with Gasteiger partial charge >= 0.3 is 0 Å². The maximum Gasteiger partial charge on any atom is 0.195 e. The molecule has 0 saturated heterocycles. The third-order valence-corrected chi connectivity index (χ3v) is 6.12. The van der Waals surface area contributed by atoms with E-state index in [0.29, 0.717) is 5.96 Å². The number of aromatic amines is 1. The van der Waals surface area contributed by atoms with Crippen LogP contribution in [0.3, 0.4) is 0 Å². The van der Waals surface area contributed by atoms with Crippen LogP contribution in [0.25, 0.3) is 22.0 Å². The Bertz CT molecular complexity index is 1450. The summed E-state index contributed by atoms with van der Waals surface area (Å²) in [4.78, 5) is 10.0. The standard InChI is InChI=1S/C26H26N8/c1-30-26(29)34(2)19-7-3-15(4-8-19)16-5-9-23-20(12-16)21(14-31-23)24-13-17-11-18(32-25(27)28)6-10-22(17)33-24/h3-12,14,31H,13H2,1-2H3,(H2,29,30)(H4,27,28,32). The summed E-state index contributed by atoms with van der Waals surface area (Å²) in [6.45, 7) is 0. The third kappa shape index (κ3) is 3.86. The van der Waals surface area contributed by atoms with Crippen molar-refractivity contribution in [3.8, 4) is 11.1 Å². The van der Waals surface area contributed by atoms with Crippen molar-refractivity contribution < 1.29 is 0 Å². The highest BCUT2D eigenvalue weighted by atomic mass is 15.2. The van der Waals surface area contributed by atoms with E-state index in [4.69, 9.17) is 21.5 Å². The molecule has 1 aliphatic rings. The molecule has 0 radical (unpaired) electrons. The maximum absolute atomic E-state index is 7.95. The number of anilines is 2. The van der Waals surface area contributed by atoms with E-state index in [1.807, 2.05) is 43.6 Å². The summed E-state index contributed by atoms with van der Waals surface area (Å²) < 4.78 is 0. The molecule has 4 aromatic rings. The van der Waals surface area contributed by atoms with E-state index in [2.05, 4.69) is 45.9 Å². The molecule has 0 atom stereocenters. The molecule has 2 heterocycles. The van der Waals surface area contributed by atoms with Crippen LogP contribution in [0.1, 0.15) is 11.1 Å². The fraction of sp³-hybridized carbons (Fsp3) is 0.115. The highest BCUT2D eigenvalue weighted by Crippen LogP contribution is 2.34. The Balaban J connectivity index is 1.44. The number of H-pyrrole nitrogens is 1. The van der Waals surface area contributed by atoms with E-state index < -0.39 is 0 Å². The van der Waals surface area contributed by atoms with E-state index in [1.165, 1.54) is 0 Å². The Kier molecular flexibility index (Phi) is 5.25. The normalized spacial score (nSPS) is 12.2. The van der Waals surface area contributed by atoms with Crippen molar-refractivity contribution in [3.63, 3.8) is 0 Å². The minimum atomic E-state index is -0.0804. The first kappa shape index (κ1) is 21.3. The van der Waals surface area contributed by atoms with Gasteiger partial charge < -0.3 is 26.3 Å². The molecule has 0 bridgehead atoms. The summed E-state index contributed by atoms with van der Waals surface area (Å²) >= 11 is 0. The first-order valence-electron chi connectivity index (χ1n) is 11.0. The third-order valence-electron chi connectivity index (χ3n) is 6.12. The van der Waals surface area contributed by atoms with Gasteiger partial charge in [-0.25, -0.2) is 0 Å². The summed E-state index contributed by atoms with van der Waals surface area (Å²) in [6.07, 6.45) is 2.74. The first-order chi connectivity index (χ1) is 16.4. The largest absolute Gasteiger partial charge is 0.370 e. The number of benzene rings is 3. The zero-order valence-electron chi connectivity index (χ0n) is 19.0. The zero-order chi connectivity index (χ0) is 23.8. The van der Waals surface area contributed by atoms with Crippen LogP contribution < -0.4 is 21.3 Å². The van der Waals surface area contributed by atoms with Crippen LogP contribution in [0.2, 0.25) is 0 Å². The van der Waals surface area contributed by atoms with Crippen molar-refractivity contribution in [2.24, 2.45) is 10.7 Å². The number of fused-ring (bicyclic) bond motifs is 2. The molecule has 0 amide bonds. The van der Waals surface area contributed by atoms with Gasteiger partial charge in [0.25, 0.3) is 0 Å². The van der Waals surface area contributed by atoms with Crippen LogP contribution in [0.15, 0.2) is 71.9 Å². The molecule has 7 N–H and O–H groups in total. The lowest BCUT2D eigenvalue weighted by atomic mass is 9.99. The van der Waals surface area contributed by atoms with Crippen molar-refractivity contribution in [2.75, 3.05) is 24.3 Å². The lowest BCUT2D eigenvalue weighted by Gasteiger charge is -2.19. The second-order valence-electron chi connectivity index (χ2n) is 8.28. The number of nitrogens with one attached hydrogen (secondary N) is 5. The van der Waals surface area contributed by atoms with Gasteiger partial charge in [-0.1, -0.05) is 18.2 Å². The number of nitrogens with zero attached hydrogens (tertiary/aromatic N) is 2. The fourth-order valence-corrected chi connectivity index (χ4v) is 4.30. The molecule has 1 aliphatic heterocycles. The molecule has 5 rings (SSSR count). The van der Waals surface area contributed by atoms with Crippen molar-refractivity contribution >= 4 is 45.6 Å². The number of aliphatic imine (C=N–C) groups is 1. The molecule has 0 spiro atoms. The molecular weight excluding hydrogens is 424 g/mol. The predicted octanol–water partition coefficient (Wildman–Crippen LogP) is 4.41. The van der Waals surface area contributed by atoms with E-state index in [9.17, 15) is 0 Å². The van der Waals surface area contributed by atoms with Gasteiger partial charge in [0.2, 0.25) is 0 Å². The Morgan fingerprint density at radius 1 is 1.03 bits per heavy atom. The Morgan fingerprint density at radius 3 is 2.53 bits per heavy atom. The van der Waals surface area contributed by atoms with Crippen molar-refractivity contribution in [1.82, 2.24) is 10.3 Å². The molecule has 8 nitrogen and oxygen atoms in total. The minimum Gasteiger partial charge on any atom is -0.370 e. The Labute approximate surface area is 197 Å². The minimum absolute atomic E-state index is 0.0804. The van der Waals surface area contributed by atoms with Crippen LogP contribution >= 0.6 is 0 Å². The highest BCUT2D eigenvalue weighted by molar-refractivity contribution is 6.15. The van der Waals surface area contributed by atoms with Crippen LogP contribution in [0.5, 0.6) is 0 Å². The number of aromatic nitrogens is 1. The molecule has 34 heavy (non-hydrogen) atoms. The summed E-state index contributed by atoms with van der Waals surface area (Å²) in [5, 5.41) is 22.2. The lowest BCUT2D eigenvalue weighted by Crippen LogP contribution is -2.35. The monoisotopic (exact) mass is 450 g/mol. The summed E-state index contributed by atoms with van der Waals surface area (Å²) in [5.74, 6) is 0.261. The van der Waals surface area contributed by atoms with Gasteiger partial charge in [0.1, 0.15) is 0 Å². The van der Waals surface area contributed by atoms with Gasteiger partial charge in [-0.2, -0.15) is 0 Å². The summed E-state index contributed by atoms with van der Waals surface area (Å²) in [6, 6.07) is 20.5. The summed E-state index contributed by atoms with van der Waals surface area (Å²) in [7, 11) is 3.61. The topological polar surface area (TPSA) is 129 Å². The van der Waals surface area contributed by atoms with Gasteiger partial charge in [-0.15, -0.1) is 0 Å². The Morgan fingerprint density at radius 2 is 1.79 bits per heavy atom. The number of rotatable bonds is 4. The number of hydrogen-bond donors (Lipinski definition) is 6. The number of guanidine groups is 2. The number of hydrogen-bond acceptors (Lipinski definition) is 3. The Hall–Kier alpha value is -4.59. The van der Waals surface area contributed by atoms with Crippen LogP contribution in [-0.2, 0) is 6.42 Å². The smallest absolute Gasteiger partial charge is 0.195 e. The molecule has 0 aliphatic carbocycles. The van der Waals surface area contributed by atoms with Crippen LogP contribution in [0.4, 0.5) is 17.1 Å². The van der Waals surface area contributed by atoms with Crippen molar-refractivity contribution in [3.05, 3.63) is 78.0 Å². The van der Waals surface area contributed by atoms with E-state index in [0.717, 1.165) is 62.4 Å². The second-order valence-corrected chi connectivity index (χ2v) is 8.28. The maximum atomic E-state index is 7.95. The van der Waals surface area contributed by atoms with Gasteiger partial charge in [0.05, 0.1) is 11.4 Å². The zero-order valence-corrected chi connectivity index (χ0v) is 19.0. The van der Waals surface area contributed by atoms with E-state index in [-0.39, 0.29) is 5.96 Å². The lowest BCUT2D eigenvalue weighted by molar-refractivity contribution is 1.06. The average Bonchev–Trinajstić information content (AvgIpc) is 3.45. The van der Waals surface area contributed by atoms with Crippen molar-refractivity contribution in [1.29, 1.82) is 10.8 Å². The fourth-order valence-electron chi connectivity index (χ4n) is 4.30. The SMILES string of the molecule is CNC(=N)N(C)c1ccc(-c2ccc3[nH]cc(C4=Nc5ccc(NC(=N)N)cc5C4)c3c2)cc1. The average molecular weight is 451 g/mol. The summed E-state index contributed by atoms with van der Waals surface area (Å²) in [5.41, 5.74) is 14.7. The van der Waals surface area contributed by atoms with Gasteiger partial charge in [-0.3, -0.25) is 15.8 Å². The van der Waals surface area contributed by atoms with Gasteiger partial charge in [-0.05, 0) is 59.2 Å². The highest BCUT2D eigenvalue weighted by Gasteiger charge is 2.19. The van der Waals surface area contributed by atoms with Crippen LogP contribution in [-0.4, -0.2) is 36.7 Å². The number of nitrogens with two attached hydrogens (primary N) is 1. The second kappa shape index (κ2) is 8.40. The van der Waals surface area contributed by atoms with Gasteiger partial charge in [0, 0.05) is 54.6 Å². The predicted molar refractivity (Wildman–Crippen MR) is 141 cm³/mol. The quantitative estimate of drug-likeness (QED) is 0.203. The molecule has 0 fully saturated rings. The molecule has 0 saturated carbocycles. The first-order valence-corrected chi connectivity index (χ1v) is 11.0. The van der Waals surface area contributed by atoms with E-state index in [1.54, 1.807) is 11.9 Å². The van der Waals surface area contributed by atoms with Crippen molar-refractivity contribution in [2.45, 2.75) is 6.42 Å². The molecule has 8 heteroatoms. The molecule has 0 unspecified atom stereocenters.